The SMILES string of the molecule is CSC1=NCC(c2ccc(OC[C@@H](O[Si](C)(C)C(C)(C)C)C(=O)OC(C)(C)C)cc2)CN1. The number of hydrogen-bond donors (Lipinski definition) is 1. The maximum atomic E-state index is 12.9. The molecule has 0 radical (unpaired) electrons. The average molecular weight is 481 g/mol. The number of thioether (sulfide) groups is 1. The Morgan fingerprint density at radius 2 is 1.81 bits per heavy atom. The standard InChI is InChI=1S/C24H40N2O4SSi/c1-23(2,3)29-21(27)20(30-32(8,9)24(4,5)6)16-28-19-12-10-17(11-13-19)18-14-25-22(31-7)26-15-18/h10-13,18,20H,14-16H2,1-9H3,(H,25,26)/t20-/m1/s1. The first kappa shape index (κ1) is 26.7. The third-order valence-corrected chi connectivity index (χ3v) is 11.0. The minimum Gasteiger partial charge on any atom is -0.490 e. The normalized spacial score (nSPS) is 18.4. The number of benzene rings is 1. The summed E-state index contributed by atoms with van der Waals surface area (Å²) < 4.78 is 18.0. The summed E-state index contributed by atoms with van der Waals surface area (Å²) in [5, 5.41) is 4.32. The van der Waals surface area contributed by atoms with Gasteiger partial charge in [-0.05, 0) is 62.9 Å². The van der Waals surface area contributed by atoms with Crippen molar-refractivity contribution < 1.29 is 18.7 Å². The number of esters is 1. The predicted molar refractivity (Wildman–Crippen MR) is 136 cm³/mol. The lowest BCUT2D eigenvalue weighted by Crippen LogP contribution is -2.49. The Labute approximate surface area is 199 Å². The van der Waals surface area contributed by atoms with Gasteiger partial charge >= 0.3 is 5.97 Å². The van der Waals surface area contributed by atoms with E-state index in [0.29, 0.717) is 11.7 Å². The third kappa shape index (κ3) is 7.81. The molecule has 1 aromatic carbocycles. The number of nitrogens with one attached hydrogen (secondary N) is 1. The highest BCUT2D eigenvalue weighted by Crippen LogP contribution is 2.37. The fourth-order valence-corrected chi connectivity index (χ4v) is 4.60. The molecule has 0 aromatic heterocycles. The third-order valence-electron chi connectivity index (χ3n) is 5.81. The van der Waals surface area contributed by atoms with Gasteiger partial charge in [-0.25, -0.2) is 4.79 Å². The van der Waals surface area contributed by atoms with Gasteiger partial charge in [0.2, 0.25) is 0 Å². The first-order valence-electron chi connectivity index (χ1n) is 11.2. The second-order valence-electron chi connectivity index (χ2n) is 10.7. The summed E-state index contributed by atoms with van der Waals surface area (Å²) in [5.74, 6) is 0.671. The number of amidine groups is 1. The molecule has 0 spiro atoms. The molecule has 6 nitrogen and oxygen atoms in total. The van der Waals surface area contributed by atoms with Crippen molar-refractivity contribution in [2.75, 3.05) is 26.0 Å². The van der Waals surface area contributed by atoms with Crippen LogP contribution >= 0.6 is 11.8 Å². The highest BCUT2D eigenvalue weighted by Gasteiger charge is 2.42. The van der Waals surface area contributed by atoms with Gasteiger partial charge < -0.3 is 19.2 Å². The highest BCUT2D eigenvalue weighted by molar-refractivity contribution is 8.13. The number of carbonyl (C=O) groups is 1. The number of carbonyl (C=O) groups excluding carboxylic acids is 1. The van der Waals surface area contributed by atoms with Crippen molar-refractivity contribution >= 4 is 31.2 Å². The maximum Gasteiger partial charge on any atom is 0.338 e. The monoisotopic (exact) mass is 480 g/mol. The van der Waals surface area contributed by atoms with E-state index in [1.165, 1.54) is 5.56 Å². The van der Waals surface area contributed by atoms with Crippen molar-refractivity contribution in [3.8, 4) is 5.75 Å². The van der Waals surface area contributed by atoms with E-state index in [-0.39, 0.29) is 17.6 Å². The highest BCUT2D eigenvalue weighted by atomic mass is 32.2. The number of aliphatic imine (C=N–C) groups is 1. The van der Waals surface area contributed by atoms with Gasteiger partial charge in [0.1, 0.15) is 18.0 Å². The Balaban J connectivity index is 2.06. The van der Waals surface area contributed by atoms with Crippen LogP contribution in [0.1, 0.15) is 53.0 Å². The lowest BCUT2D eigenvalue weighted by molar-refractivity contribution is -0.165. The molecule has 1 aliphatic heterocycles. The molecule has 1 unspecified atom stereocenters. The van der Waals surface area contributed by atoms with Crippen molar-refractivity contribution in [3.63, 3.8) is 0 Å². The summed E-state index contributed by atoms with van der Waals surface area (Å²) in [6.07, 6.45) is 1.26. The Bertz CT molecular complexity index is 798. The molecule has 1 aromatic rings. The molecule has 180 valence electrons. The Morgan fingerprint density at radius 1 is 1.19 bits per heavy atom. The van der Waals surface area contributed by atoms with Crippen LogP contribution < -0.4 is 10.1 Å². The van der Waals surface area contributed by atoms with E-state index in [1.807, 2.05) is 39.2 Å². The molecule has 1 heterocycles. The van der Waals surface area contributed by atoms with Gasteiger partial charge in [0.15, 0.2) is 19.6 Å². The fraction of sp³-hybridized carbons (Fsp3) is 0.667. The Kier molecular flexibility index (Phi) is 8.87. The summed E-state index contributed by atoms with van der Waals surface area (Å²) >= 11 is 1.64. The lowest BCUT2D eigenvalue weighted by Gasteiger charge is -2.39. The fourth-order valence-electron chi connectivity index (χ4n) is 2.94. The van der Waals surface area contributed by atoms with E-state index < -0.39 is 20.0 Å². The smallest absolute Gasteiger partial charge is 0.338 e. The molecule has 32 heavy (non-hydrogen) atoms. The first-order chi connectivity index (χ1) is 14.7. The maximum absolute atomic E-state index is 12.9. The predicted octanol–water partition coefficient (Wildman–Crippen LogP) is 5.20. The van der Waals surface area contributed by atoms with Gasteiger partial charge in [-0.2, -0.15) is 0 Å². The summed E-state index contributed by atoms with van der Waals surface area (Å²) in [4.78, 5) is 17.4. The van der Waals surface area contributed by atoms with Crippen LogP contribution in [0.25, 0.3) is 0 Å². The zero-order valence-electron chi connectivity index (χ0n) is 21.1. The first-order valence-corrected chi connectivity index (χ1v) is 15.3. The van der Waals surface area contributed by atoms with Gasteiger partial charge in [0, 0.05) is 12.5 Å². The van der Waals surface area contributed by atoms with E-state index in [9.17, 15) is 4.79 Å². The second kappa shape index (κ2) is 10.6. The van der Waals surface area contributed by atoms with Gasteiger partial charge in [-0.15, -0.1) is 0 Å². The van der Waals surface area contributed by atoms with Crippen LogP contribution in [0, 0.1) is 0 Å². The molecule has 1 N–H and O–H groups in total. The number of hydrogen-bond acceptors (Lipinski definition) is 7. The van der Waals surface area contributed by atoms with Crippen molar-refractivity contribution in [1.82, 2.24) is 5.32 Å². The Hall–Kier alpha value is -1.51. The van der Waals surface area contributed by atoms with Gasteiger partial charge in [-0.1, -0.05) is 44.7 Å². The van der Waals surface area contributed by atoms with Crippen LogP contribution in [0.15, 0.2) is 29.3 Å². The van der Waals surface area contributed by atoms with E-state index in [0.717, 1.165) is 18.3 Å². The van der Waals surface area contributed by atoms with Crippen LogP contribution in [-0.4, -0.2) is 57.1 Å². The second-order valence-corrected chi connectivity index (χ2v) is 16.3. The lowest BCUT2D eigenvalue weighted by atomic mass is 9.98. The molecule has 0 saturated carbocycles. The van der Waals surface area contributed by atoms with Crippen LogP contribution in [0.4, 0.5) is 0 Å². The summed E-state index contributed by atoms with van der Waals surface area (Å²) in [7, 11) is -2.19. The van der Waals surface area contributed by atoms with Crippen molar-refractivity contribution in [2.24, 2.45) is 4.99 Å². The average Bonchev–Trinajstić information content (AvgIpc) is 2.69. The van der Waals surface area contributed by atoms with Gasteiger partial charge in [0.05, 0.1) is 6.54 Å². The van der Waals surface area contributed by atoms with Gasteiger partial charge in [0.25, 0.3) is 0 Å². The largest absolute Gasteiger partial charge is 0.490 e. The number of ether oxygens (including phenoxy) is 2. The van der Waals surface area contributed by atoms with E-state index in [4.69, 9.17) is 13.9 Å². The number of nitrogens with zero attached hydrogens (tertiary/aromatic N) is 1. The molecule has 1 aliphatic rings. The van der Waals surface area contributed by atoms with Crippen molar-refractivity contribution in [2.45, 2.75) is 77.3 Å². The molecule has 2 atom stereocenters. The minimum atomic E-state index is -2.19. The minimum absolute atomic E-state index is 0.0262. The molecule has 8 heteroatoms. The molecule has 0 amide bonds. The van der Waals surface area contributed by atoms with Crippen LogP contribution in [0.3, 0.4) is 0 Å². The van der Waals surface area contributed by atoms with Crippen LogP contribution in [0.5, 0.6) is 5.75 Å². The van der Waals surface area contributed by atoms with E-state index >= 15 is 0 Å². The molecule has 0 saturated heterocycles. The zero-order chi connectivity index (χ0) is 24.2. The van der Waals surface area contributed by atoms with E-state index in [2.05, 4.69) is 56.3 Å². The molecule has 0 fully saturated rings. The summed E-state index contributed by atoms with van der Waals surface area (Å²) in [5.41, 5.74) is 0.635. The summed E-state index contributed by atoms with van der Waals surface area (Å²) in [6, 6.07) is 8.03. The topological polar surface area (TPSA) is 69.2 Å². The molecular weight excluding hydrogens is 440 g/mol. The quantitative estimate of drug-likeness (QED) is 0.427. The van der Waals surface area contributed by atoms with Gasteiger partial charge in [-0.3, -0.25) is 4.99 Å². The number of rotatable bonds is 7. The Morgan fingerprint density at radius 3 is 2.28 bits per heavy atom. The molecular formula is C24H40N2O4SSi. The van der Waals surface area contributed by atoms with Crippen molar-refractivity contribution in [1.29, 1.82) is 0 Å². The molecule has 0 bridgehead atoms. The van der Waals surface area contributed by atoms with Crippen LogP contribution in [-0.2, 0) is 14.0 Å². The summed E-state index contributed by atoms with van der Waals surface area (Å²) in [6.45, 7) is 18.1. The molecule has 0 aliphatic carbocycles. The van der Waals surface area contributed by atoms with Crippen LogP contribution in [0.2, 0.25) is 18.1 Å². The zero-order valence-corrected chi connectivity index (χ0v) is 22.9. The molecule has 2 rings (SSSR count). The van der Waals surface area contributed by atoms with E-state index in [1.54, 1.807) is 11.8 Å². The van der Waals surface area contributed by atoms with Crippen molar-refractivity contribution in [3.05, 3.63) is 29.8 Å².